The van der Waals surface area contributed by atoms with Gasteiger partial charge in [0.1, 0.15) is 0 Å². The van der Waals surface area contributed by atoms with Crippen LogP contribution in [0.25, 0.3) is 0 Å². The Morgan fingerprint density at radius 3 is 1.88 bits per heavy atom. The molecule has 0 rings (SSSR count). The van der Waals surface area contributed by atoms with Crippen molar-refractivity contribution in [1.82, 2.24) is 0 Å². The zero-order valence-corrected chi connectivity index (χ0v) is 5.47. The highest BCUT2D eigenvalue weighted by Crippen LogP contribution is 2.04. The third-order valence-corrected chi connectivity index (χ3v) is 0.562. The van der Waals surface area contributed by atoms with Crippen molar-refractivity contribution in [3.8, 4) is 0 Å². The summed E-state index contributed by atoms with van der Waals surface area (Å²) in [7, 11) is 0. The molecule has 8 heavy (non-hydrogen) atoms. The molecule has 0 radical (unpaired) electrons. The second-order valence-electron chi connectivity index (χ2n) is 2.44. The van der Waals surface area contributed by atoms with Gasteiger partial charge in [0, 0.05) is 0 Å². The highest BCUT2D eigenvalue weighted by molar-refractivity contribution is 4.97. The number of aliphatic hydroxyl groups is 2. The minimum atomic E-state index is -0.890. The van der Waals surface area contributed by atoms with Crippen molar-refractivity contribution in [2.45, 2.75) is 26.4 Å². The van der Waals surface area contributed by atoms with E-state index in [0.717, 1.165) is 0 Å². The lowest BCUT2D eigenvalue weighted by Gasteiger charge is -2.09. The molecule has 0 fully saturated rings. The lowest BCUT2D eigenvalue weighted by molar-refractivity contribution is 0.128. The first kappa shape index (κ1) is 7.50. The molecule has 2 heteroatoms. The van der Waals surface area contributed by atoms with Gasteiger partial charge in [-0.2, -0.15) is 0 Å². The highest BCUT2D eigenvalue weighted by Gasteiger charge is 2.06. The van der Waals surface area contributed by atoms with Crippen LogP contribution >= 0.6 is 0 Å². The molecule has 0 aliphatic carbocycles. The van der Waals surface area contributed by atoms with Crippen LogP contribution in [0.5, 0.6) is 0 Å². The molecule has 0 aromatic rings. The summed E-state index contributed by atoms with van der Waals surface area (Å²) in [6.45, 7) is 4.73. The predicted octanol–water partition coefficient (Wildman–Crippen LogP) is 1.22. The summed E-state index contributed by atoms with van der Waals surface area (Å²) >= 11 is 0. The van der Waals surface area contributed by atoms with Gasteiger partial charge in [-0.1, -0.05) is 0 Å². The van der Waals surface area contributed by atoms with Gasteiger partial charge in [0.05, 0.1) is 11.4 Å². The SMILES string of the molecule is C/C(O)=C\C(C)(C)O. The number of aliphatic hydroxyl groups excluding tert-OH is 1. The molecular formula is C6H12O2. The number of allylic oxidation sites excluding steroid dienone is 1. The summed E-state index contributed by atoms with van der Waals surface area (Å²) < 4.78 is 0. The number of rotatable bonds is 1. The average molecular weight is 116 g/mol. The van der Waals surface area contributed by atoms with Crippen LogP contribution in [0.2, 0.25) is 0 Å². The highest BCUT2D eigenvalue weighted by atomic mass is 16.3. The van der Waals surface area contributed by atoms with Crippen molar-refractivity contribution in [2.24, 2.45) is 0 Å². The Balaban J connectivity index is 3.89. The molecule has 0 spiro atoms. The Hall–Kier alpha value is -0.500. The van der Waals surface area contributed by atoms with Crippen molar-refractivity contribution in [1.29, 1.82) is 0 Å². The van der Waals surface area contributed by atoms with Gasteiger partial charge in [-0.15, -0.1) is 0 Å². The fraction of sp³-hybridized carbons (Fsp3) is 0.667. The van der Waals surface area contributed by atoms with Crippen molar-refractivity contribution in [3.63, 3.8) is 0 Å². The monoisotopic (exact) mass is 116 g/mol. The molecule has 0 heterocycles. The normalized spacial score (nSPS) is 14.2. The molecule has 48 valence electrons. The predicted molar refractivity (Wildman–Crippen MR) is 32.7 cm³/mol. The quantitative estimate of drug-likeness (QED) is 0.506. The van der Waals surface area contributed by atoms with Crippen LogP contribution in [0.4, 0.5) is 0 Å². The van der Waals surface area contributed by atoms with E-state index in [4.69, 9.17) is 10.2 Å². The van der Waals surface area contributed by atoms with Crippen molar-refractivity contribution >= 4 is 0 Å². The molecule has 2 N–H and O–H groups in total. The average Bonchev–Trinajstić information content (AvgIpc) is 1.21. The van der Waals surface area contributed by atoms with Gasteiger partial charge in [-0.25, -0.2) is 0 Å². The zero-order valence-electron chi connectivity index (χ0n) is 5.47. The summed E-state index contributed by atoms with van der Waals surface area (Å²) in [6.07, 6.45) is 1.38. The molecule has 0 saturated carbocycles. The summed E-state index contributed by atoms with van der Waals surface area (Å²) in [5.74, 6) is 0.150. The Labute approximate surface area is 49.5 Å². The molecule has 0 aromatic heterocycles. The molecule has 0 unspecified atom stereocenters. The van der Waals surface area contributed by atoms with E-state index in [1.807, 2.05) is 0 Å². The van der Waals surface area contributed by atoms with Gasteiger partial charge in [0.25, 0.3) is 0 Å². The van der Waals surface area contributed by atoms with Gasteiger partial charge < -0.3 is 10.2 Å². The smallest absolute Gasteiger partial charge is 0.0880 e. The van der Waals surface area contributed by atoms with Gasteiger partial charge in [0.2, 0.25) is 0 Å². The Morgan fingerprint density at radius 1 is 1.50 bits per heavy atom. The maximum absolute atomic E-state index is 8.95. The zero-order chi connectivity index (χ0) is 6.78. The number of hydrogen-bond donors (Lipinski definition) is 2. The maximum atomic E-state index is 8.95. The van der Waals surface area contributed by atoms with Gasteiger partial charge in [-0.3, -0.25) is 0 Å². The minimum Gasteiger partial charge on any atom is -0.513 e. The van der Waals surface area contributed by atoms with Crippen LogP contribution in [0, 0.1) is 0 Å². The van der Waals surface area contributed by atoms with Crippen LogP contribution < -0.4 is 0 Å². The molecule has 0 aliphatic heterocycles. The third-order valence-electron chi connectivity index (χ3n) is 0.562. The van der Waals surface area contributed by atoms with Gasteiger partial charge in [-0.05, 0) is 26.8 Å². The second-order valence-corrected chi connectivity index (χ2v) is 2.44. The third kappa shape index (κ3) is 5.50. The fourth-order valence-corrected chi connectivity index (χ4v) is 0.511. The Bertz CT molecular complexity index is 93.6. The fourth-order valence-electron chi connectivity index (χ4n) is 0.511. The first-order valence-electron chi connectivity index (χ1n) is 2.52. The van der Waals surface area contributed by atoms with Gasteiger partial charge in [0.15, 0.2) is 0 Å². The van der Waals surface area contributed by atoms with Crippen molar-refractivity contribution in [3.05, 3.63) is 11.8 Å². The summed E-state index contributed by atoms with van der Waals surface area (Å²) in [6, 6.07) is 0. The van der Waals surface area contributed by atoms with E-state index in [1.54, 1.807) is 13.8 Å². The lowest BCUT2D eigenvalue weighted by atomic mass is 10.1. The standard InChI is InChI=1S/C6H12O2/c1-5(7)4-6(2,3)8/h4,7-8H,1-3H3/b5-4+. The topological polar surface area (TPSA) is 40.5 Å². The minimum absolute atomic E-state index is 0.150. The molecule has 0 aliphatic rings. The van der Waals surface area contributed by atoms with Crippen LogP contribution in [0.3, 0.4) is 0 Å². The van der Waals surface area contributed by atoms with Gasteiger partial charge >= 0.3 is 0 Å². The molecule has 0 amide bonds. The van der Waals surface area contributed by atoms with E-state index in [0.29, 0.717) is 0 Å². The maximum Gasteiger partial charge on any atom is 0.0880 e. The van der Waals surface area contributed by atoms with E-state index in [1.165, 1.54) is 13.0 Å². The van der Waals surface area contributed by atoms with E-state index in [-0.39, 0.29) is 5.76 Å². The molecule has 0 bridgehead atoms. The van der Waals surface area contributed by atoms with Crippen LogP contribution in [0.1, 0.15) is 20.8 Å². The van der Waals surface area contributed by atoms with E-state index >= 15 is 0 Å². The summed E-state index contributed by atoms with van der Waals surface area (Å²) in [5.41, 5.74) is -0.890. The largest absolute Gasteiger partial charge is 0.513 e. The van der Waals surface area contributed by atoms with E-state index in [2.05, 4.69) is 0 Å². The molecule has 0 saturated heterocycles. The second kappa shape index (κ2) is 2.18. The molecule has 2 nitrogen and oxygen atoms in total. The summed E-state index contributed by atoms with van der Waals surface area (Å²) in [4.78, 5) is 0. The molecular weight excluding hydrogens is 104 g/mol. The first-order chi connectivity index (χ1) is 3.42. The first-order valence-corrected chi connectivity index (χ1v) is 2.52. The van der Waals surface area contributed by atoms with E-state index in [9.17, 15) is 0 Å². The Kier molecular flexibility index (Phi) is 2.04. The van der Waals surface area contributed by atoms with Crippen molar-refractivity contribution in [2.75, 3.05) is 0 Å². The van der Waals surface area contributed by atoms with Crippen molar-refractivity contribution < 1.29 is 10.2 Å². The number of hydrogen-bond acceptors (Lipinski definition) is 2. The molecule has 0 atom stereocenters. The van der Waals surface area contributed by atoms with Crippen LogP contribution in [-0.2, 0) is 0 Å². The van der Waals surface area contributed by atoms with E-state index < -0.39 is 5.60 Å². The molecule has 0 aromatic carbocycles. The Morgan fingerprint density at radius 2 is 1.88 bits per heavy atom. The van der Waals surface area contributed by atoms with Crippen LogP contribution in [-0.4, -0.2) is 15.8 Å². The summed E-state index contributed by atoms with van der Waals surface area (Å²) in [5, 5.41) is 17.5. The lowest BCUT2D eigenvalue weighted by Crippen LogP contribution is -2.14. The van der Waals surface area contributed by atoms with Crippen LogP contribution in [0.15, 0.2) is 11.8 Å².